The van der Waals surface area contributed by atoms with Crippen molar-refractivity contribution in [1.82, 2.24) is 24.5 Å². The predicted molar refractivity (Wildman–Crippen MR) is 153 cm³/mol. The summed E-state index contributed by atoms with van der Waals surface area (Å²) in [5.41, 5.74) is 5.54. The third-order valence-corrected chi connectivity index (χ3v) is 7.98. The van der Waals surface area contributed by atoms with Gasteiger partial charge >= 0.3 is 0 Å². The molecule has 0 bridgehead atoms. The van der Waals surface area contributed by atoms with Gasteiger partial charge in [0.25, 0.3) is 15.9 Å². The minimum atomic E-state index is -4.28. The molecule has 14 heteroatoms. The van der Waals surface area contributed by atoms with Crippen LogP contribution in [-0.4, -0.2) is 79.2 Å². The summed E-state index contributed by atoms with van der Waals surface area (Å²) in [7, 11) is -4.28. The van der Waals surface area contributed by atoms with Crippen LogP contribution < -0.4 is 20.1 Å². The van der Waals surface area contributed by atoms with Crippen LogP contribution in [0.25, 0.3) is 5.82 Å². The topological polar surface area (TPSA) is 164 Å². The van der Waals surface area contributed by atoms with E-state index in [0.717, 1.165) is 6.42 Å². The number of sulfonamides is 1. The van der Waals surface area contributed by atoms with E-state index in [1.54, 1.807) is 24.4 Å². The lowest BCUT2D eigenvalue weighted by atomic mass is 9.97. The average molecular weight is 588 g/mol. The van der Waals surface area contributed by atoms with E-state index in [-0.39, 0.29) is 21.8 Å². The van der Waals surface area contributed by atoms with E-state index in [2.05, 4.69) is 35.6 Å². The van der Waals surface area contributed by atoms with Gasteiger partial charge in [-0.1, -0.05) is 6.92 Å². The Hall–Kier alpha value is -3.75. The summed E-state index contributed by atoms with van der Waals surface area (Å²) >= 11 is 0. The molecule has 4 heterocycles. The second kappa shape index (κ2) is 12.8. The number of pyridine rings is 2. The summed E-state index contributed by atoms with van der Waals surface area (Å²) in [5, 5.41) is 4.45. The summed E-state index contributed by atoms with van der Waals surface area (Å²) in [5.74, 6) is 0.485. The van der Waals surface area contributed by atoms with Crippen LogP contribution >= 0.6 is 0 Å². The Balaban J connectivity index is 1.57. The highest BCUT2D eigenvalue weighted by Gasteiger charge is 2.39. The number of ether oxygens (including phenoxy) is 3. The lowest BCUT2D eigenvalue weighted by molar-refractivity contribution is 0.0398. The summed E-state index contributed by atoms with van der Waals surface area (Å²) in [4.78, 5) is 23.8. The zero-order valence-electron chi connectivity index (χ0n) is 23.7. The maximum Gasteiger partial charge on any atom is 0.268 e. The molecule has 1 aliphatic heterocycles. The fraction of sp³-hybridized carbons (Fsp3) is 0.481. The van der Waals surface area contributed by atoms with Gasteiger partial charge in [-0.15, -0.1) is 5.10 Å². The maximum absolute atomic E-state index is 13.4. The van der Waals surface area contributed by atoms with Gasteiger partial charge in [0, 0.05) is 37.2 Å². The summed E-state index contributed by atoms with van der Waals surface area (Å²) in [6.07, 6.45) is 3.94. The van der Waals surface area contributed by atoms with Crippen LogP contribution in [0.2, 0.25) is 0 Å². The first-order valence-corrected chi connectivity index (χ1v) is 14.9. The molecule has 41 heavy (non-hydrogen) atoms. The fourth-order valence-electron chi connectivity index (χ4n) is 4.85. The number of nitrogens with two attached hydrogens (primary N) is 1. The summed E-state index contributed by atoms with van der Waals surface area (Å²) in [6, 6.07) is 7.57. The van der Waals surface area contributed by atoms with Gasteiger partial charge in [-0.2, -0.15) is 0 Å². The number of aromatic nitrogens is 4. The van der Waals surface area contributed by atoms with Crippen molar-refractivity contribution in [3.05, 3.63) is 48.3 Å². The van der Waals surface area contributed by atoms with E-state index in [9.17, 15) is 13.2 Å². The normalized spacial score (nSPS) is 16.6. The highest BCUT2D eigenvalue weighted by Crippen LogP contribution is 2.37. The predicted octanol–water partition coefficient (Wildman–Crippen LogP) is 2.42. The smallest absolute Gasteiger partial charge is 0.268 e. The van der Waals surface area contributed by atoms with Gasteiger partial charge in [-0.05, 0) is 57.4 Å². The highest BCUT2D eigenvalue weighted by molar-refractivity contribution is 7.90. The standard InChI is InChI=1S/C27H37N7O6S/c1-5-38-13-14-39-15-16-40-23-10-12-34(31-23)22-9-8-20(25(30-22)33-18-19(2)17-27(33,3)4)26(35)32-41(36,37)21-7-6-11-29-24(21)28/h6-12,19H,5,13-18H2,1-4H3,(H2,28,29)(H,32,35)/t19-/m0/s1. The van der Waals surface area contributed by atoms with Gasteiger partial charge in [0.1, 0.15) is 23.1 Å². The van der Waals surface area contributed by atoms with Gasteiger partial charge in [-0.25, -0.2) is 27.8 Å². The van der Waals surface area contributed by atoms with Crippen LogP contribution in [0.1, 0.15) is 44.5 Å². The zero-order chi connectivity index (χ0) is 29.6. The van der Waals surface area contributed by atoms with E-state index in [1.807, 2.05) is 11.8 Å². The molecule has 3 aromatic heterocycles. The quantitative estimate of drug-likeness (QED) is 0.282. The van der Waals surface area contributed by atoms with Crippen LogP contribution in [0.4, 0.5) is 11.6 Å². The Morgan fingerprint density at radius 3 is 2.61 bits per heavy atom. The number of nitrogen functional groups attached to an aromatic ring is 1. The van der Waals surface area contributed by atoms with Crippen LogP contribution in [0, 0.1) is 5.92 Å². The largest absolute Gasteiger partial charge is 0.474 e. The minimum absolute atomic E-state index is 0.106. The molecule has 0 aliphatic carbocycles. The van der Waals surface area contributed by atoms with Crippen LogP contribution in [-0.2, 0) is 19.5 Å². The van der Waals surface area contributed by atoms with E-state index in [0.29, 0.717) is 63.0 Å². The molecular formula is C27H37N7O6S. The Labute approximate surface area is 240 Å². The molecule has 1 aliphatic rings. The third kappa shape index (κ3) is 7.31. The maximum atomic E-state index is 13.4. The van der Waals surface area contributed by atoms with Gasteiger partial charge in [0.2, 0.25) is 5.88 Å². The summed E-state index contributed by atoms with van der Waals surface area (Å²) < 4.78 is 46.0. The Bertz CT molecular complexity index is 1460. The zero-order valence-corrected chi connectivity index (χ0v) is 24.6. The van der Waals surface area contributed by atoms with Crippen molar-refractivity contribution in [3.63, 3.8) is 0 Å². The lowest BCUT2D eigenvalue weighted by Gasteiger charge is -2.34. The molecule has 0 saturated carbocycles. The summed E-state index contributed by atoms with van der Waals surface area (Å²) in [6.45, 7) is 11.2. The first-order chi connectivity index (χ1) is 19.5. The molecule has 13 nitrogen and oxygen atoms in total. The van der Waals surface area contributed by atoms with Crippen molar-refractivity contribution in [3.8, 4) is 11.7 Å². The second-order valence-corrected chi connectivity index (χ2v) is 12.0. The van der Waals surface area contributed by atoms with Gasteiger partial charge in [-0.3, -0.25) is 4.79 Å². The number of carbonyl (C=O) groups is 1. The molecule has 0 unspecified atom stereocenters. The van der Waals surface area contributed by atoms with Crippen LogP contribution in [0.3, 0.4) is 0 Å². The van der Waals surface area contributed by atoms with Crippen molar-refractivity contribution in [1.29, 1.82) is 0 Å². The van der Waals surface area contributed by atoms with Crippen molar-refractivity contribution in [2.24, 2.45) is 5.92 Å². The first kappa shape index (κ1) is 30.2. The second-order valence-electron chi connectivity index (χ2n) is 10.4. The monoisotopic (exact) mass is 587 g/mol. The van der Waals surface area contributed by atoms with E-state index in [1.165, 1.54) is 23.0 Å². The molecule has 4 rings (SSSR count). The van der Waals surface area contributed by atoms with E-state index < -0.39 is 15.9 Å². The van der Waals surface area contributed by atoms with Gasteiger partial charge in [0.15, 0.2) is 5.82 Å². The number of anilines is 2. The van der Waals surface area contributed by atoms with Crippen molar-refractivity contribution in [2.45, 2.75) is 44.6 Å². The number of amides is 1. The SMILES string of the molecule is CCOCCOCCOc1ccn(-c2ccc(C(=O)NS(=O)(=O)c3cccnc3N)c(N3C[C@@H](C)CC3(C)C)n2)n1. The molecule has 222 valence electrons. The Morgan fingerprint density at radius 1 is 1.15 bits per heavy atom. The average Bonchev–Trinajstić information content (AvgIpc) is 3.50. The number of rotatable bonds is 13. The van der Waals surface area contributed by atoms with Gasteiger partial charge in [0.05, 0.1) is 25.4 Å². The molecule has 0 aromatic carbocycles. The highest BCUT2D eigenvalue weighted by atomic mass is 32.2. The first-order valence-electron chi connectivity index (χ1n) is 13.4. The van der Waals surface area contributed by atoms with Crippen molar-refractivity contribution in [2.75, 3.05) is 50.2 Å². The molecule has 3 aromatic rings. The molecule has 0 spiro atoms. The molecule has 1 atom stereocenters. The molecule has 0 radical (unpaired) electrons. The Kier molecular flexibility index (Phi) is 9.46. The van der Waals surface area contributed by atoms with Crippen molar-refractivity contribution < 1.29 is 27.4 Å². The van der Waals surface area contributed by atoms with Crippen molar-refractivity contribution >= 4 is 27.6 Å². The van der Waals surface area contributed by atoms with E-state index in [4.69, 9.17) is 24.9 Å². The van der Waals surface area contributed by atoms with Crippen LogP contribution in [0.15, 0.2) is 47.6 Å². The van der Waals surface area contributed by atoms with Gasteiger partial charge < -0.3 is 24.8 Å². The molecule has 1 saturated heterocycles. The molecule has 1 fully saturated rings. The molecule has 1 amide bonds. The minimum Gasteiger partial charge on any atom is -0.474 e. The number of nitrogens with one attached hydrogen (secondary N) is 1. The molecular weight excluding hydrogens is 550 g/mol. The third-order valence-electron chi connectivity index (χ3n) is 6.60. The van der Waals surface area contributed by atoms with Crippen LogP contribution in [0.5, 0.6) is 5.88 Å². The lowest BCUT2D eigenvalue weighted by Crippen LogP contribution is -2.41. The van der Waals surface area contributed by atoms with E-state index >= 15 is 0 Å². The molecule has 3 N–H and O–H groups in total. The number of hydrogen-bond acceptors (Lipinski definition) is 11. The fourth-order valence-corrected chi connectivity index (χ4v) is 5.90. The Morgan fingerprint density at radius 2 is 1.90 bits per heavy atom. The number of carbonyl (C=O) groups excluding carboxylic acids is 1. The number of hydrogen-bond donors (Lipinski definition) is 2. The number of nitrogens with zero attached hydrogens (tertiary/aromatic N) is 5.